The molecule has 1 heterocycles. The molecular weight excluding hydrogens is 394 g/mol. The quantitative estimate of drug-likeness (QED) is 0.456. The number of benzene rings is 2. The summed E-state index contributed by atoms with van der Waals surface area (Å²) in [5, 5.41) is 18.8. The van der Waals surface area contributed by atoms with Crippen LogP contribution in [0.2, 0.25) is 5.02 Å². The van der Waals surface area contributed by atoms with Crippen molar-refractivity contribution < 1.29 is 14.6 Å². The molecule has 29 heavy (non-hydrogen) atoms. The fraction of sp³-hybridized carbons (Fsp3) is 0.200. The molecule has 0 spiro atoms. The first-order chi connectivity index (χ1) is 13.9. The summed E-state index contributed by atoms with van der Waals surface area (Å²) in [6.45, 7) is 1.29. The summed E-state index contributed by atoms with van der Waals surface area (Å²) in [6, 6.07) is 14.8. The minimum atomic E-state index is -0.461. The number of para-hydroxylation sites is 1. The molecule has 3 rings (SSSR count). The first-order valence-corrected chi connectivity index (χ1v) is 9.41. The van der Waals surface area contributed by atoms with E-state index in [1.165, 1.54) is 21.7 Å². The summed E-state index contributed by atoms with van der Waals surface area (Å²) in [4.78, 5) is 24.4. The largest absolute Gasteiger partial charge is 0.345 e. The number of likely N-dealkylation sites (N-methyl/N-ethyl adjacent to an activating group) is 1. The zero-order valence-corrected chi connectivity index (χ0v) is 16.8. The third-order valence-electron chi connectivity index (χ3n) is 4.31. The molecule has 2 aromatic carbocycles. The lowest BCUT2D eigenvalue weighted by atomic mass is 10.1. The Labute approximate surface area is 172 Å². The van der Waals surface area contributed by atoms with E-state index in [0.29, 0.717) is 34.2 Å². The number of amides is 1. The van der Waals surface area contributed by atoms with Gasteiger partial charge in [-0.15, -0.1) is 0 Å². The highest BCUT2D eigenvalue weighted by molar-refractivity contribution is 6.32. The van der Waals surface area contributed by atoms with Gasteiger partial charge in [-0.3, -0.25) is 14.9 Å². The molecule has 0 fully saturated rings. The van der Waals surface area contributed by atoms with Gasteiger partial charge in [-0.1, -0.05) is 23.7 Å². The van der Waals surface area contributed by atoms with Crippen molar-refractivity contribution in [2.75, 3.05) is 27.2 Å². The predicted molar refractivity (Wildman–Crippen MR) is 111 cm³/mol. The van der Waals surface area contributed by atoms with Crippen LogP contribution in [-0.2, 0) is 0 Å². The van der Waals surface area contributed by atoms with E-state index in [1.807, 2.05) is 20.2 Å². The summed E-state index contributed by atoms with van der Waals surface area (Å²) in [5.74, 6) is -0.271. The summed E-state index contributed by atoms with van der Waals surface area (Å²) < 4.78 is 1.50. The first-order valence-electron chi connectivity index (χ1n) is 9.04. The number of aromatic nitrogens is 2. The van der Waals surface area contributed by atoms with Crippen LogP contribution >= 0.6 is 11.6 Å². The molecular formula is C20H21ClN5O3+. The van der Waals surface area contributed by atoms with E-state index in [1.54, 1.807) is 36.4 Å². The average Bonchev–Trinajstić information content (AvgIpc) is 3.13. The van der Waals surface area contributed by atoms with Gasteiger partial charge in [-0.05, 0) is 30.3 Å². The first kappa shape index (κ1) is 20.5. The van der Waals surface area contributed by atoms with E-state index in [0.717, 1.165) is 6.54 Å². The highest BCUT2D eigenvalue weighted by Gasteiger charge is 2.19. The Morgan fingerprint density at radius 1 is 1.21 bits per heavy atom. The van der Waals surface area contributed by atoms with Gasteiger partial charge < -0.3 is 10.2 Å². The van der Waals surface area contributed by atoms with Crippen LogP contribution in [0.25, 0.3) is 16.9 Å². The fourth-order valence-electron chi connectivity index (χ4n) is 2.76. The maximum absolute atomic E-state index is 12.8. The second-order valence-corrected chi connectivity index (χ2v) is 7.20. The number of hydrogen-bond donors (Lipinski definition) is 2. The topological polar surface area (TPSA) is 94.5 Å². The van der Waals surface area contributed by atoms with Gasteiger partial charge >= 0.3 is 0 Å². The molecule has 3 aromatic rings. The van der Waals surface area contributed by atoms with Gasteiger partial charge in [-0.25, -0.2) is 4.68 Å². The van der Waals surface area contributed by atoms with Crippen molar-refractivity contribution in [2.45, 2.75) is 0 Å². The van der Waals surface area contributed by atoms with Crippen molar-refractivity contribution in [2.24, 2.45) is 0 Å². The minimum absolute atomic E-state index is 0.0107. The molecule has 0 atom stereocenters. The third kappa shape index (κ3) is 4.79. The number of hydrogen-bond acceptors (Lipinski definition) is 4. The van der Waals surface area contributed by atoms with Crippen LogP contribution in [0.15, 0.2) is 54.6 Å². The third-order valence-corrected chi connectivity index (χ3v) is 4.63. The molecule has 0 radical (unpaired) electrons. The zero-order valence-electron chi connectivity index (χ0n) is 16.1. The molecule has 0 unspecified atom stereocenters. The van der Waals surface area contributed by atoms with Gasteiger partial charge in [-0.2, -0.15) is 5.10 Å². The summed E-state index contributed by atoms with van der Waals surface area (Å²) in [7, 11) is 4.01. The van der Waals surface area contributed by atoms with Gasteiger partial charge in [0.1, 0.15) is 5.69 Å². The average molecular weight is 415 g/mol. The van der Waals surface area contributed by atoms with E-state index in [2.05, 4.69) is 10.4 Å². The minimum Gasteiger partial charge on any atom is -0.345 e. The van der Waals surface area contributed by atoms with Crippen LogP contribution in [0.4, 0.5) is 5.69 Å². The summed E-state index contributed by atoms with van der Waals surface area (Å²) >= 11 is 6.32. The Morgan fingerprint density at radius 3 is 2.52 bits per heavy atom. The number of halogens is 1. The maximum Gasteiger partial charge on any atom is 0.270 e. The van der Waals surface area contributed by atoms with Crippen molar-refractivity contribution in [1.29, 1.82) is 0 Å². The molecule has 0 aliphatic heterocycles. The van der Waals surface area contributed by atoms with E-state index in [4.69, 9.17) is 11.6 Å². The molecule has 1 amide bonds. The molecule has 0 aliphatic carbocycles. The van der Waals surface area contributed by atoms with Gasteiger partial charge in [0.2, 0.25) is 0 Å². The SMILES string of the molecule is C[NH+](C)CCNC(=O)c1cc(-c2ccc([N+](=O)[O-])cc2)nn1-c1ccccc1Cl. The van der Waals surface area contributed by atoms with E-state index < -0.39 is 4.92 Å². The zero-order chi connectivity index (χ0) is 21.0. The van der Waals surface area contributed by atoms with Gasteiger partial charge in [0, 0.05) is 17.7 Å². The van der Waals surface area contributed by atoms with Gasteiger partial charge in [0.15, 0.2) is 0 Å². The number of nitrogens with one attached hydrogen (secondary N) is 2. The highest BCUT2D eigenvalue weighted by Crippen LogP contribution is 2.26. The maximum atomic E-state index is 12.8. The molecule has 150 valence electrons. The second kappa shape index (κ2) is 8.85. The van der Waals surface area contributed by atoms with Crippen molar-refractivity contribution in [3.8, 4) is 16.9 Å². The highest BCUT2D eigenvalue weighted by atomic mass is 35.5. The number of carbonyl (C=O) groups excluding carboxylic acids is 1. The summed E-state index contributed by atoms with van der Waals surface area (Å²) in [6.07, 6.45) is 0. The molecule has 8 nitrogen and oxygen atoms in total. The Morgan fingerprint density at radius 2 is 1.90 bits per heavy atom. The summed E-state index contributed by atoms with van der Waals surface area (Å²) in [5.41, 5.74) is 2.07. The predicted octanol–water partition coefficient (Wildman–Crippen LogP) is 1.98. The molecule has 0 bridgehead atoms. The van der Waals surface area contributed by atoms with E-state index in [9.17, 15) is 14.9 Å². The van der Waals surface area contributed by atoms with Crippen molar-refractivity contribution in [1.82, 2.24) is 15.1 Å². The van der Waals surface area contributed by atoms with Crippen molar-refractivity contribution in [3.05, 3.63) is 75.4 Å². The lowest BCUT2D eigenvalue weighted by Crippen LogP contribution is -3.06. The molecule has 2 N–H and O–H groups in total. The molecule has 0 saturated carbocycles. The molecule has 1 aromatic heterocycles. The normalized spacial score (nSPS) is 10.9. The lowest BCUT2D eigenvalue weighted by molar-refractivity contribution is -0.856. The molecule has 0 saturated heterocycles. The second-order valence-electron chi connectivity index (χ2n) is 6.80. The number of carbonyl (C=O) groups is 1. The van der Waals surface area contributed by atoms with Crippen molar-refractivity contribution in [3.63, 3.8) is 0 Å². The Bertz CT molecular complexity index is 1030. The van der Waals surface area contributed by atoms with Crippen LogP contribution in [0.5, 0.6) is 0 Å². The van der Waals surface area contributed by atoms with Crippen LogP contribution in [-0.4, -0.2) is 47.8 Å². The van der Waals surface area contributed by atoms with Gasteiger partial charge in [0.25, 0.3) is 11.6 Å². The van der Waals surface area contributed by atoms with Crippen LogP contribution < -0.4 is 10.2 Å². The van der Waals surface area contributed by atoms with Crippen LogP contribution in [0.3, 0.4) is 0 Å². The monoisotopic (exact) mass is 414 g/mol. The van der Waals surface area contributed by atoms with Gasteiger partial charge in [0.05, 0.1) is 48.5 Å². The fourth-order valence-corrected chi connectivity index (χ4v) is 2.98. The Hall–Kier alpha value is -3.23. The lowest BCUT2D eigenvalue weighted by Gasteiger charge is -2.10. The smallest absolute Gasteiger partial charge is 0.270 e. The Balaban J connectivity index is 2.00. The number of nitrogens with zero attached hydrogens (tertiary/aromatic N) is 3. The van der Waals surface area contributed by atoms with E-state index in [-0.39, 0.29) is 11.6 Å². The van der Waals surface area contributed by atoms with Crippen LogP contribution in [0.1, 0.15) is 10.5 Å². The van der Waals surface area contributed by atoms with Crippen LogP contribution in [0, 0.1) is 10.1 Å². The number of nitro groups is 1. The number of quaternary nitrogens is 1. The molecule has 9 heteroatoms. The Kier molecular flexibility index (Phi) is 6.26. The van der Waals surface area contributed by atoms with E-state index >= 15 is 0 Å². The van der Waals surface area contributed by atoms with Crippen molar-refractivity contribution >= 4 is 23.2 Å². The molecule has 0 aliphatic rings. The number of non-ortho nitro benzene ring substituents is 1. The standard InChI is InChI=1S/C20H20ClN5O3/c1-24(2)12-11-22-20(27)19-13-17(14-7-9-15(10-8-14)26(28)29)23-25(19)18-6-4-3-5-16(18)21/h3-10,13H,11-12H2,1-2H3,(H,22,27)/p+1. The number of nitro benzene ring substituents is 1. The number of rotatable bonds is 7.